The first kappa shape index (κ1) is 8.33. The molecule has 11 heavy (non-hydrogen) atoms. The zero-order valence-corrected chi connectivity index (χ0v) is 6.89. The predicted octanol–water partition coefficient (Wildman–Crippen LogP) is 0.0928. The molecule has 1 aliphatic carbocycles. The van der Waals surface area contributed by atoms with Crippen molar-refractivity contribution in [3.05, 3.63) is 0 Å². The van der Waals surface area contributed by atoms with E-state index in [4.69, 9.17) is 4.74 Å². The maximum Gasteiger partial charge on any atom is 0.314 e. The molecule has 0 heterocycles. The van der Waals surface area contributed by atoms with Gasteiger partial charge in [-0.1, -0.05) is 0 Å². The van der Waals surface area contributed by atoms with E-state index in [-0.39, 0.29) is 18.2 Å². The van der Waals surface area contributed by atoms with Gasteiger partial charge in [0.2, 0.25) is 0 Å². The molecule has 2 amide bonds. The van der Waals surface area contributed by atoms with Crippen LogP contribution in [0.2, 0.25) is 0 Å². The number of urea groups is 1. The third-order valence-corrected chi connectivity index (χ3v) is 1.66. The summed E-state index contributed by atoms with van der Waals surface area (Å²) in [5.74, 6) is 0. The highest BCUT2D eigenvalue weighted by Crippen LogP contribution is 2.24. The van der Waals surface area contributed by atoms with Gasteiger partial charge in [-0.25, -0.2) is 4.79 Å². The van der Waals surface area contributed by atoms with E-state index in [1.54, 1.807) is 7.05 Å². The Balaban J connectivity index is 2.08. The molecular weight excluding hydrogens is 144 g/mol. The van der Waals surface area contributed by atoms with Crippen molar-refractivity contribution in [2.24, 2.45) is 0 Å². The van der Waals surface area contributed by atoms with E-state index in [9.17, 15) is 4.79 Å². The quantitative estimate of drug-likeness (QED) is 0.611. The molecular formula is C7H14N2O2. The summed E-state index contributed by atoms with van der Waals surface area (Å²) in [6, 6.07) is 0.104. The van der Waals surface area contributed by atoms with Gasteiger partial charge >= 0.3 is 6.03 Å². The van der Waals surface area contributed by atoms with Crippen molar-refractivity contribution in [2.75, 3.05) is 13.7 Å². The van der Waals surface area contributed by atoms with Crippen molar-refractivity contribution in [1.82, 2.24) is 10.6 Å². The second kappa shape index (κ2) is 3.57. The summed E-state index contributed by atoms with van der Waals surface area (Å²) in [6.07, 6.45) is 1.19. The first-order valence-electron chi connectivity index (χ1n) is 3.87. The Morgan fingerprint density at radius 2 is 2.45 bits per heavy atom. The van der Waals surface area contributed by atoms with Gasteiger partial charge in [0, 0.05) is 13.7 Å². The Labute approximate surface area is 66.3 Å². The fraction of sp³-hybridized carbons (Fsp3) is 0.857. The third-order valence-electron chi connectivity index (χ3n) is 1.66. The van der Waals surface area contributed by atoms with Crippen molar-refractivity contribution in [2.45, 2.75) is 25.5 Å². The minimum atomic E-state index is -0.128. The van der Waals surface area contributed by atoms with E-state index >= 15 is 0 Å². The van der Waals surface area contributed by atoms with Crippen molar-refractivity contribution in [3.8, 4) is 0 Å². The molecule has 0 spiro atoms. The van der Waals surface area contributed by atoms with Crippen molar-refractivity contribution in [1.29, 1.82) is 0 Å². The fourth-order valence-electron chi connectivity index (χ4n) is 0.962. The van der Waals surface area contributed by atoms with Crippen LogP contribution >= 0.6 is 0 Å². The highest BCUT2D eigenvalue weighted by atomic mass is 16.5. The molecule has 1 rings (SSSR count). The molecule has 0 bridgehead atoms. The fourth-order valence-corrected chi connectivity index (χ4v) is 0.962. The van der Waals surface area contributed by atoms with Crippen LogP contribution in [0.3, 0.4) is 0 Å². The topological polar surface area (TPSA) is 50.4 Å². The Kier molecular flexibility index (Phi) is 2.70. The molecule has 0 aromatic rings. The van der Waals surface area contributed by atoms with E-state index in [0.717, 1.165) is 13.0 Å². The highest BCUT2D eigenvalue weighted by Gasteiger charge is 2.38. The van der Waals surface area contributed by atoms with Gasteiger partial charge in [-0.15, -0.1) is 0 Å². The molecule has 2 atom stereocenters. The second-order valence-corrected chi connectivity index (χ2v) is 2.56. The smallest absolute Gasteiger partial charge is 0.314 e. The van der Waals surface area contributed by atoms with E-state index < -0.39 is 0 Å². The van der Waals surface area contributed by atoms with E-state index in [1.807, 2.05) is 6.92 Å². The third kappa shape index (κ3) is 2.38. The summed E-state index contributed by atoms with van der Waals surface area (Å²) in [7, 11) is 1.60. The molecule has 1 fully saturated rings. The van der Waals surface area contributed by atoms with Crippen LogP contribution in [0.4, 0.5) is 4.79 Å². The van der Waals surface area contributed by atoms with Crippen LogP contribution in [0.5, 0.6) is 0 Å². The molecule has 0 aromatic heterocycles. The van der Waals surface area contributed by atoms with Crippen molar-refractivity contribution in [3.63, 3.8) is 0 Å². The van der Waals surface area contributed by atoms with Crippen LogP contribution in [0, 0.1) is 0 Å². The van der Waals surface area contributed by atoms with Gasteiger partial charge in [0.05, 0.1) is 12.1 Å². The van der Waals surface area contributed by atoms with Gasteiger partial charge < -0.3 is 15.4 Å². The Hall–Kier alpha value is -0.770. The largest absolute Gasteiger partial charge is 0.376 e. The van der Waals surface area contributed by atoms with Crippen LogP contribution in [0.1, 0.15) is 13.3 Å². The van der Waals surface area contributed by atoms with Gasteiger partial charge in [0.25, 0.3) is 0 Å². The minimum Gasteiger partial charge on any atom is -0.376 e. The van der Waals surface area contributed by atoms with Crippen LogP contribution in [0.25, 0.3) is 0 Å². The highest BCUT2D eigenvalue weighted by molar-refractivity contribution is 5.74. The molecule has 1 aliphatic rings. The van der Waals surface area contributed by atoms with Crippen LogP contribution < -0.4 is 10.6 Å². The van der Waals surface area contributed by atoms with Gasteiger partial charge in [-0.05, 0) is 13.3 Å². The van der Waals surface area contributed by atoms with E-state index in [2.05, 4.69) is 10.6 Å². The summed E-state index contributed by atoms with van der Waals surface area (Å²) >= 11 is 0. The molecule has 64 valence electrons. The second-order valence-electron chi connectivity index (χ2n) is 2.56. The summed E-state index contributed by atoms with van der Waals surface area (Å²) in [5.41, 5.74) is 0. The summed E-state index contributed by atoms with van der Waals surface area (Å²) in [6.45, 7) is 2.67. The molecule has 2 unspecified atom stereocenters. The SMILES string of the molecule is CCOC1CC1NC(=O)NC. The van der Waals surface area contributed by atoms with Gasteiger partial charge in [-0.2, -0.15) is 0 Å². The molecule has 0 aliphatic heterocycles. The van der Waals surface area contributed by atoms with E-state index in [1.165, 1.54) is 0 Å². The molecule has 4 nitrogen and oxygen atoms in total. The molecule has 0 radical (unpaired) electrons. The molecule has 1 saturated carbocycles. The number of carbonyl (C=O) groups excluding carboxylic acids is 1. The monoisotopic (exact) mass is 158 g/mol. The van der Waals surface area contributed by atoms with Crippen LogP contribution in [-0.4, -0.2) is 31.8 Å². The lowest BCUT2D eigenvalue weighted by atomic mass is 10.6. The molecule has 0 aromatic carbocycles. The lowest BCUT2D eigenvalue weighted by molar-refractivity contribution is 0.126. The van der Waals surface area contributed by atoms with Crippen molar-refractivity contribution < 1.29 is 9.53 Å². The lowest BCUT2D eigenvalue weighted by Gasteiger charge is -2.02. The number of amides is 2. The normalized spacial score (nSPS) is 27.8. The maximum absolute atomic E-state index is 10.7. The average Bonchev–Trinajstić information content (AvgIpc) is 2.69. The van der Waals surface area contributed by atoms with Crippen LogP contribution in [0.15, 0.2) is 0 Å². The van der Waals surface area contributed by atoms with Gasteiger partial charge in [-0.3, -0.25) is 0 Å². The minimum absolute atomic E-state index is 0.128. The van der Waals surface area contributed by atoms with Gasteiger partial charge in [0.15, 0.2) is 0 Å². The number of carbonyl (C=O) groups is 1. The molecule has 4 heteroatoms. The lowest BCUT2D eigenvalue weighted by Crippen LogP contribution is -2.35. The van der Waals surface area contributed by atoms with E-state index in [0.29, 0.717) is 0 Å². The van der Waals surface area contributed by atoms with Gasteiger partial charge in [0.1, 0.15) is 0 Å². The predicted molar refractivity (Wildman–Crippen MR) is 41.4 cm³/mol. The number of hydrogen-bond donors (Lipinski definition) is 2. The molecule has 2 N–H and O–H groups in total. The maximum atomic E-state index is 10.7. The summed E-state index contributed by atoms with van der Waals surface area (Å²) in [4.78, 5) is 10.7. The Bertz CT molecular complexity index is 149. The standard InChI is InChI=1S/C7H14N2O2/c1-3-11-6-4-5(6)9-7(10)8-2/h5-6H,3-4H2,1-2H3,(H2,8,9,10). The number of rotatable bonds is 3. The van der Waals surface area contributed by atoms with Crippen molar-refractivity contribution >= 4 is 6.03 Å². The first-order chi connectivity index (χ1) is 5.27. The van der Waals surface area contributed by atoms with Crippen LogP contribution in [-0.2, 0) is 4.74 Å². The Morgan fingerprint density at radius 1 is 1.73 bits per heavy atom. The number of hydrogen-bond acceptors (Lipinski definition) is 2. The number of ether oxygens (including phenoxy) is 1. The first-order valence-corrected chi connectivity index (χ1v) is 3.87. The average molecular weight is 158 g/mol. The zero-order chi connectivity index (χ0) is 8.27. The molecule has 0 saturated heterocycles. The summed E-state index contributed by atoms with van der Waals surface area (Å²) < 4.78 is 5.27. The Morgan fingerprint density at radius 3 is 3.00 bits per heavy atom. The zero-order valence-electron chi connectivity index (χ0n) is 6.89. The summed E-state index contributed by atoms with van der Waals surface area (Å²) in [5, 5.41) is 5.26. The number of nitrogens with one attached hydrogen (secondary N) is 2.